The van der Waals surface area contributed by atoms with Crippen LogP contribution >= 0.6 is 0 Å². The Morgan fingerprint density at radius 2 is 1.73 bits per heavy atom. The Balaban J connectivity index is 1.53. The number of nitrogens with one attached hydrogen (secondary N) is 2. The van der Waals surface area contributed by atoms with Crippen LogP contribution in [0.4, 0.5) is 10.5 Å². The topological polar surface area (TPSA) is 57.4 Å². The molecule has 2 amide bonds. The highest BCUT2D eigenvalue weighted by Crippen LogP contribution is 2.38. The summed E-state index contributed by atoms with van der Waals surface area (Å²) >= 11 is 0. The molecule has 0 fully saturated rings. The number of para-hydroxylation sites is 1. The van der Waals surface area contributed by atoms with Crippen molar-refractivity contribution < 1.29 is 9.53 Å². The van der Waals surface area contributed by atoms with Crippen molar-refractivity contribution >= 4 is 22.6 Å². The molecule has 0 bridgehead atoms. The molecule has 0 radical (unpaired) electrons. The van der Waals surface area contributed by atoms with E-state index in [0.717, 1.165) is 34.6 Å². The van der Waals surface area contributed by atoms with Crippen LogP contribution in [0.25, 0.3) is 10.9 Å². The first-order valence-electron chi connectivity index (χ1n) is 10.1. The summed E-state index contributed by atoms with van der Waals surface area (Å²) in [4.78, 5) is 18.8. The minimum atomic E-state index is -0.166. The van der Waals surface area contributed by atoms with Gasteiger partial charge >= 0.3 is 6.03 Å². The van der Waals surface area contributed by atoms with Crippen LogP contribution in [0.2, 0.25) is 0 Å². The van der Waals surface area contributed by atoms with Crippen molar-refractivity contribution in [1.29, 1.82) is 0 Å². The van der Waals surface area contributed by atoms with Gasteiger partial charge in [0, 0.05) is 28.8 Å². The molecule has 2 heterocycles. The SMILES string of the molecule is COc1ccc(NC(=O)N2CCc3c([nH]c4ccccc34)[C@@H]2c2ccccc2)cc1. The predicted molar refractivity (Wildman–Crippen MR) is 119 cm³/mol. The molecule has 5 heteroatoms. The molecule has 1 aliphatic rings. The van der Waals surface area contributed by atoms with E-state index in [0.29, 0.717) is 6.54 Å². The van der Waals surface area contributed by atoms with Crippen molar-refractivity contribution in [3.63, 3.8) is 0 Å². The summed E-state index contributed by atoms with van der Waals surface area (Å²) in [6, 6.07) is 25.7. The van der Waals surface area contributed by atoms with Gasteiger partial charge in [0.25, 0.3) is 0 Å². The number of carbonyl (C=O) groups excluding carboxylic acids is 1. The molecule has 0 spiro atoms. The molecule has 0 unspecified atom stereocenters. The van der Waals surface area contributed by atoms with Crippen LogP contribution in [0.15, 0.2) is 78.9 Å². The number of aromatic nitrogens is 1. The Morgan fingerprint density at radius 3 is 2.50 bits per heavy atom. The van der Waals surface area contributed by atoms with Crippen molar-refractivity contribution in [3.05, 3.63) is 95.7 Å². The average Bonchev–Trinajstić information content (AvgIpc) is 3.18. The molecular weight excluding hydrogens is 374 g/mol. The molecule has 1 atom stereocenters. The standard InChI is InChI=1S/C25H23N3O2/c1-30-19-13-11-18(12-14-19)26-25(29)28-16-15-21-20-9-5-6-10-22(20)27-23(21)24(28)17-7-3-2-4-8-17/h2-14,24,27H,15-16H2,1H3,(H,26,29)/t24-/m0/s1. The van der Waals surface area contributed by atoms with Gasteiger partial charge in [0.15, 0.2) is 0 Å². The van der Waals surface area contributed by atoms with Gasteiger partial charge in [0.2, 0.25) is 0 Å². The molecule has 5 rings (SSSR count). The maximum absolute atomic E-state index is 13.3. The fourth-order valence-corrected chi connectivity index (χ4v) is 4.31. The van der Waals surface area contributed by atoms with Gasteiger partial charge < -0.3 is 19.9 Å². The lowest BCUT2D eigenvalue weighted by molar-refractivity contribution is 0.193. The second-order valence-electron chi connectivity index (χ2n) is 7.48. The molecular formula is C25H23N3O2. The van der Waals surface area contributed by atoms with Crippen LogP contribution in [0, 0.1) is 0 Å². The van der Waals surface area contributed by atoms with Gasteiger partial charge in [-0.3, -0.25) is 0 Å². The number of urea groups is 1. The van der Waals surface area contributed by atoms with Crippen molar-refractivity contribution in [2.75, 3.05) is 19.0 Å². The number of hydrogen-bond acceptors (Lipinski definition) is 2. The lowest BCUT2D eigenvalue weighted by Crippen LogP contribution is -2.43. The van der Waals surface area contributed by atoms with Gasteiger partial charge in [-0.25, -0.2) is 4.79 Å². The van der Waals surface area contributed by atoms with Crippen LogP contribution < -0.4 is 10.1 Å². The summed E-state index contributed by atoms with van der Waals surface area (Å²) in [7, 11) is 1.63. The van der Waals surface area contributed by atoms with E-state index in [1.807, 2.05) is 53.4 Å². The fourth-order valence-electron chi connectivity index (χ4n) is 4.31. The van der Waals surface area contributed by atoms with E-state index in [1.165, 1.54) is 10.9 Å². The van der Waals surface area contributed by atoms with E-state index < -0.39 is 0 Å². The highest BCUT2D eigenvalue weighted by molar-refractivity contribution is 5.91. The molecule has 0 saturated heterocycles. The van der Waals surface area contributed by atoms with Crippen LogP contribution in [0.1, 0.15) is 22.9 Å². The van der Waals surface area contributed by atoms with E-state index in [1.54, 1.807) is 7.11 Å². The van der Waals surface area contributed by atoms with Crippen molar-refractivity contribution in [3.8, 4) is 5.75 Å². The van der Waals surface area contributed by atoms with Crippen LogP contribution in [-0.2, 0) is 6.42 Å². The first-order valence-corrected chi connectivity index (χ1v) is 10.1. The van der Waals surface area contributed by atoms with Crippen LogP contribution in [0.3, 0.4) is 0 Å². The summed E-state index contributed by atoms with van der Waals surface area (Å²) in [5.41, 5.74) is 5.34. The lowest BCUT2D eigenvalue weighted by Gasteiger charge is -2.36. The molecule has 1 aliphatic heterocycles. The first kappa shape index (κ1) is 18.3. The third-order valence-corrected chi connectivity index (χ3v) is 5.75. The highest BCUT2D eigenvalue weighted by atomic mass is 16.5. The zero-order valence-corrected chi connectivity index (χ0v) is 16.8. The summed E-state index contributed by atoms with van der Waals surface area (Å²) < 4.78 is 5.21. The van der Waals surface area contributed by atoms with Crippen molar-refractivity contribution in [2.45, 2.75) is 12.5 Å². The molecule has 5 nitrogen and oxygen atoms in total. The number of amides is 2. The third kappa shape index (κ3) is 3.18. The first-order chi connectivity index (χ1) is 14.7. The molecule has 4 aromatic rings. The Labute approximate surface area is 175 Å². The summed E-state index contributed by atoms with van der Waals surface area (Å²) in [5, 5.41) is 4.28. The quantitative estimate of drug-likeness (QED) is 0.489. The number of anilines is 1. The van der Waals surface area contributed by atoms with E-state index in [2.05, 4.69) is 40.6 Å². The van der Waals surface area contributed by atoms with E-state index in [4.69, 9.17) is 4.74 Å². The third-order valence-electron chi connectivity index (χ3n) is 5.75. The number of ether oxygens (including phenoxy) is 1. The van der Waals surface area contributed by atoms with E-state index in [9.17, 15) is 4.79 Å². The molecule has 1 aromatic heterocycles. The second kappa shape index (κ2) is 7.59. The maximum atomic E-state index is 13.3. The number of carbonyl (C=O) groups is 1. The number of nitrogens with zero attached hydrogens (tertiary/aromatic N) is 1. The number of fused-ring (bicyclic) bond motifs is 3. The second-order valence-corrected chi connectivity index (χ2v) is 7.48. The summed E-state index contributed by atoms with van der Waals surface area (Å²) in [6.45, 7) is 0.649. The highest BCUT2D eigenvalue weighted by Gasteiger charge is 2.34. The van der Waals surface area contributed by atoms with Crippen molar-refractivity contribution in [1.82, 2.24) is 9.88 Å². The van der Waals surface area contributed by atoms with E-state index >= 15 is 0 Å². The predicted octanol–water partition coefficient (Wildman–Crippen LogP) is 5.36. The van der Waals surface area contributed by atoms with Gasteiger partial charge in [-0.1, -0.05) is 48.5 Å². The van der Waals surface area contributed by atoms with Gasteiger partial charge in [0.1, 0.15) is 5.75 Å². The smallest absolute Gasteiger partial charge is 0.322 e. The fraction of sp³-hybridized carbons (Fsp3) is 0.160. The maximum Gasteiger partial charge on any atom is 0.322 e. The number of rotatable bonds is 3. The van der Waals surface area contributed by atoms with Crippen LogP contribution in [-0.4, -0.2) is 29.6 Å². The van der Waals surface area contributed by atoms with E-state index in [-0.39, 0.29) is 12.1 Å². The summed E-state index contributed by atoms with van der Waals surface area (Å²) in [5.74, 6) is 0.760. The Morgan fingerprint density at radius 1 is 1.00 bits per heavy atom. The minimum absolute atomic E-state index is 0.113. The number of hydrogen-bond donors (Lipinski definition) is 2. The summed E-state index contributed by atoms with van der Waals surface area (Å²) in [6.07, 6.45) is 0.818. The van der Waals surface area contributed by atoms with Gasteiger partial charge in [-0.05, 0) is 47.9 Å². The zero-order chi connectivity index (χ0) is 20.5. The molecule has 150 valence electrons. The molecule has 2 N–H and O–H groups in total. The lowest BCUT2D eigenvalue weighted by atomic mass is 9.92. The number of H-pyrrole nitrogens is 1. The Bertz CT molecular complexity index is 1180. The Hall–Kier alpha value is -3.73. The number of methoxy groups -OCH3 is 1. The van der Waals surface area contributed by atoms with Crippen LogP contribution in [0.5, 0.6) is 5.75 Å². The van der Waals surface area contributed by atoms with Gasteiger partial charge in [-0.2, -0.15) is 0 Å². The average molecular weight is 397 g/mol. The normalized spacial score (nSPS) is 15.6. The van der Waals surface area contributed by atoms with Gasteiger partial charge in [0.05, 0.1) is 13.2 Å². The molecule has 0 saturated carbocycles. The number of aromatic amines is 1. The Kier molecular flexibility index (Phi) is 4.64. The zero-order valence-electron chi connectivity index (χ0n) is 16.8. The molecule has 30 heavy (non-hydrogen) atoms. The molecule has 3 aromatic carbocycles. The minimum Gasteiger partial charge on any atom is -0.497 e. The van der Waals surface area contributed by atoms with Crippen molar-refractivity contribution in [2.24, 2.45) is 0 Å². The largest absolute Gasteiger partial charge is 0.497 e. The number of benzene rings is 3. The molecule has 0 aliphatic carbocycles. The monoisotopic (exact) mass is 397 g/mol. The van der Waals surface area contributed by atoms with Gasteiger partial charge in [-0.15, -0.1) is 0 Å².